The molecule has 0 spiro atoms. The van der Waals surface area contributed by atoms with Gasteiger partial charge in [0.05, 0.1) is 29.7 Å². The molecule has 0 aliphatic carbocycles. The molecule has 0 saturated heterocycles. The number of halogens is 1. The Labute approximate surface area is 175 Å². The van der Waals surface area contributed by atoms with Crippen LogP contribution < -0.4 is 5.32 Å². The van der Waals surface area contributed by atoms with Crippen LogP contribution in [0.1, 0.15) is 30.7 Å². The van der Waals surface area contributed by atoms with Gasteiger partial charge >= 0.3 is 0 Å². The van der Waals surface area contributed by atoms with Gasteiger partial charge in [-0.15, -0.1) is 22.7 Å². The Morgan fingerprint density at radius 1 is 1.19 bits per heavy atom. The van der Waals surface area contributed by atoms with Crippen molar-refractivity contribution in [3.63, 3.8) is 0 Å². The maximum Gasteiger partial charge on any atom is 0.226 e. The lowest BCUT2D eigenvalue weighted by molar-refractivity contribution is -0.120. The molecule has 3 aromatic rings. The molecule has 2 heterocycles. The number of carbonyl (C=O) groups is 1. The number of thiophene rings is 1. The van der Waals surface area contributed by atoms with Crippen LogP contribution in [-0.4, -0.2) is 17.0 Å². The second-order valence-corrected chi connectivity index (χ2v) is 9.09. The summed E-state index contributed by atoms with van der Waals surface area (Å²) in [6, 6.07) is 10.2. The molecule has 27 heavy (non-hydrogen) atoms. The van der Waals surface area contributed by atoms with Gasteiger partial charge in [-0.3, -0.25) is 4.79 Å². The molecule has 1 N–H and O–H groups in total. The summed E-state index contributed by atoms with van der Waals surface area (Å²) in [6.45, 7) is 5.17. The molecular formula is C20H21BrN2O2S2. The minimum absolute atomic E-state index is 0.0218. The van der Waals surface area contributed by atoms with Crippen LogP contribution in [-0.2, 0) is 29.1 Å². The molecule has 0 aliphatic heterocycles. The van der Waals surface area contributed by atoms with Crippen molar-refractivity contribution in [2.75, 3.05) is 0 Å². The van der Waals surface area contributed by atoms with Crippen molar-refractivity contribution in [2.45, 2.75) is 39.5 Å². The maximum atomic E-state index is 12.2. The highest BCUT2D eigenvalue weighted by Gasteiger charge is 2.10. The second-order valence-electron chi connectivity index (χ2n) is 6.40. The van der Waals surface area contributed by atoms with Gasteiger partial charge in [-0.05, 0) is 47.0 Å². The van der Waals surface area contributed by atoms with Gasteiger partial charge in [0.25, 0.3) is 0 Å². The summed E-state index contributed by atoms with van der Waals surface area (Å²) < 4.78 is 6.64. The van der Waals surface area contributed by atoms with Gasteiger partial charge in [0.2, 0.25) is 5.91 Å². The summed E-state index contributed by atoms with van der Waals surface area (Å²) in [4.78, 5) is 17.9. The maximum absolute atomic E-state index is 12.2. The average molecular weight is 465 g/mol. The van der Waals surface area contributed by atoms with Crippen LogP contribution in [0.4, 0.5) is 0 Å². The average Bonchev–Trinajstić information content (AvgIpc) is 3.28. The SMILES string of the molecule is CC(C)OCc1ccc(CNC(=O)Cc2csc(-c3cc(Br)cs3)n2)cc1. The highest BCUT2D eigenvalue weighted by atomic mass is 79.9. The summed E-state index contributed by atoms with van der Waals surface area (Å²) in [6.07, 6.45) is 0.514. The fourth-order valence-corrected chi connectivity index (χ4v) is 4.70. The predicted molar refractivity (Wildman–Crippen MR) is 115 cm³/mol. The first kappa shape index (κ1) is 20.2. The second kappa shape index (κ2) is 9.59. The fraction of sp³-hybridized carbons (Fsp3) is 0.300. The van der Waals surface area contributed by atoms with Crippen LogP contribution in [0.3, 0.4) is 0 Å². The van der Waals surface area contributed by atoms with Crippen LogP contribution in [0, 0.1) is 0 Å². The third-order valence-electron chi connectivity index (χ3n) is 3.77. The van der Waals surface area contributed by atoms with Crippen LogP contribution in [0.5, 0.6) is 0 Å². The van der Waals surface area contributed by atoms with E-state index < -0.39 is 0 Å². The van der Waals surface area contributed by atoms with Crippen LogP contribution in [0.2, 0.25) is 0 Å². The fourth-order valence-electron chi connectivity index (χ4n) is 2.37. The number of nitrogens with one attached hydrogen (secondary N) is 1. The Morgan fingerprint density at radius 2 is 1.93 bits per heavy atom. The van der Waals surface area contributed by atoms with E-state index in [-0.39, 0.29) is 12.0 Å². The van der Waals surface area contributed by atoms with Gasteiger partial charge in [0.1, 0.15) is 5.01 Å². The van der Waals surface area contributed by atoms with E-state index in [9.17, 15) is 4.79 Å². The van der Waals surface area contributed by atoms with Crippen LogP contribution >= 0.6 is 38.6 Å². The topological polar surface area (TPSA) is 51.2 Å². The first-order chi connectivity index (χ1) is 13.0. The summed E-state index contributed by atoms with van der Waals surface area (Å²) in [5.41, 5.74) is 3.01. The smallest absolute Gasteiger partial charge is 0.226 e. The third-order valence-corrected chi connectivity index (χ3v) is 6.52. The lowest BCUT2D eigenvalue weighted by Crippen LogP contribution is -2.24. The zero-order valence-electron chi connectivity index (χ0n) is 15.2. The van der Waals surface area contributed by atoms with Gasteiger partial charge in [0, 0.05) is 21.8 Å². The Morgan fingerprint density at radius 3 is 2.59 bits per heavy atom. The van der Waals surface area contributed by atoms with Crippen molar-refractivity contribution >= 4 is 44.5 Å². The minimum Gasteiger partial charge on any atom is -0.374 e. The Hall–Kier alpha value is -1.54. The van der Waals surface area contributed by atoms with Gasteiger partial charge < -0.3 is 10.1 Å². The van der Waals surface area contributed by atoms with Crippen molar-refractivity contribution < 1.29 is 9.53 Å². The predicted octanol–water partition coefficient (Wildman–Crippen LogP) is 5.42. The third kappa shape index (κ3) is 6.24. The molecule has 0 unspecified atom stereocenters. The minimum atomic E-state index is -0.0218. The zero-order valence-corrected chi connectivity index (χ0v) is 18.4. The number of thiazole rings is 1. The molecule has 1 amide bonds. The van der Waals surface area contributed by atoms with Gasteiger partial charge in [-0.2, -0.15) is 0 Å². The van der Waals surface area contributed by atoms with E-state index in [4.69, 9.17) is 4.74 Å². The monoisotopic (exact) mass is 464 g/mol. The Balaban J connectivity index is 1.48. The van der Waals surface area contributed by atoms with Crippen LogP contribution in [0.25, 0.3) is 9.88 Å². The van der Waals surface area contributed by atoms with Crippen molar-refractivity contribution in [3.05, 3.63) is 62.4 Å². The van der Waals surface area contributed by atoms with E-state index in [2.05, 4.69) is 26.2 Å². The van der Waals surface area contributed by atoms with Crippen molar-refractivity contribution in [3.8, 4) is 9.88 Å². The molecule has 7 heteroatoms. The highest BCUT2D eigenvalue weighted by Crippen LogP contribution is 2.32. The summed E-state index contributed by atoms with van der Waals surface area (Å²) in [7, 11) is 0. The van der Waals surface area contributed by atoms with Gasteiger partial charge in [0.15, 0.2) is 0 Å². The molecule has 0 saturated carbocycles. The lowest BCUT2D eigenvalue weighted by atomic mass is 10.1. The van der Waals surface area contributed by atoms with Crippen molar-refractivity contribution in [1.29, 1.82) is 0 Å². The highest BCUT2D eigenvalue weighted by molar-refractivity contribution is 9.10. The summed E-state index contributed by atoms with van der Waals surface area (Å²) in [5, 5.41) is 7.89. The van der Waals surface area contributed by atoms with E-state index >= 15 is 0 Å². The van der Waals surface area contributed by atoms with Crippen molar-refractivity contribution in [1.82, 2.24) is 10.3 Å². The molecule has 0 fully saturated rings. The molecule has 0 radical (unpaired) electrons. The molecule has 2 aromatic heterocycles. The number of aromatic nitrogens is 1. The summed E-state index contributed by atoms with van der Waals surface area (Å²) >= 11 is 6.66. The molecular weight excluding hydrogens is 444 g/mol. The number of amides is 1. The van der Waals surface area contributed by atoms with E-state index in [0.717, 1.165) is 31.2 Å². The summed E-state index contributed by atoms with van der Waals surface area (Å²) in [5.74, 6) is -0.0218. The van der Waals surface area contributed by atoms with Gasteiger partial charge in [-0.25, -0.2) is 4.98 Å². The van der Waals surface area contributed by atoms with Crippen molar-refractivity contribution in [2.24, 2.45) is 0 Å². The first-order valence-electron chi connectivity index (χ1n) is 8.64. The molecule has 0 atom stereocenters. The Bertz CT molecular complexity index is 888. The number of ether oxygens (including phenoxy) is 1. The molecule has 3 rings (SSSR count). The normalized spacial score (nSPS) is 11.1. The molecule has 4 nitrogen and oxygen atoms in total. The molecule has 0 bridgehead atoms. The molecule has 0 aliphatic rings. The quantitative estimate of drug-likeness (QED) is 0.484. The van der Waals surface area contributed by atoms with E-state index in [0.29, 0.717) is 19.6 Å². The lowest BCUT2D eigenvalue weighted by Gasteiger charge is -2.09. The number of rotatable bonds is 8. The first-order valence-corrected chi connectivity index (χ1v) is 11.2. The van der Waals surface area contributed by atoms with E-state index in [1.165, 1.54) is 0 Å². The van der Waals surface area contributed by atoms with Gasteiger partial charge in [-0.1, -0.05) is 24.3 Å². The number of nitrogens with zero attached hydrogens (tertiary/aromatic N) is 1. The van der Waals surface area contributed by atoms with Crippen LogP contribution in [0.15, 0.2) is 45.6 Å². The van der Waals surface area contributed by atoms with E-state index in [1.54, 1.807) is 22.7 Å². The number of benzene rings is 1. The number of carbonyl (C=O) groups excluding carboxylic acids is 1. The largest absolute Gasteiger partial charge is 0.374 e. The Kier molecular flexibility index (Phi) is 7.18. The number of hydrogen-bond acceptors (Lipinski definition) is 5. The standard InChI is InChI=1S/C20H21BrN2O2S2/c1-13(2)25-10-15-5-3-14(4-6-15)9-22-19(24)8-17-12-27-20(23-17)18-7-16(21)11-26-18/h3-7,11-13H,8-10H2,1-2H3,(H,22,24). The van der Waals surface area contributed by atoms with E-state index in [1.807, 2.05) is 54.9 Å². The zero-order chi connectivity index (χ0) is 19.2. The molecule has 1 aromatic carbocycles. The number of hydrogen-bond donors (Lipinski definition) is 1. The molecule has 142 valence electrons.